The summed E-state index contributed by atoms with van der Waals surface area (Å²) in [4.78, 5) is 12.6. The molecule has 6 nitrogen and oxygen atoms in total. The van der Waals surface area contributed by atoms with Crippen molar-refractivity contribution in [2.45, 2.75) is 6.54 Å². The Labute approximate surface area is 120 Å². The molecule has 4 aromatic heterocycles. The highest BCUT2D eigenvalue weighted by atomic mass is 32.1. The van der Waals surface area contributed by atoms with Crippen molar-refractivity contribution in [1.29, 1.82) is 0 Å². The molecule has 0 amide bonds. The molecule has 0 saturated heterocycles. The van der Waals surface area contributed by atoms with Crippen LogP contribution in [0.25, 0.3) is 16.0 Å². The highest BCUT2D eigenvalue weighted by Crippen LogP contribution is 2.19. The molecule has 0 aliphatic carbocycles. The second-order valence-electron chi connectivity index (χ2n) is 4.27. The summed E-state index contributed by atoms with van der Waals surface area (Å²) in [7, 11) is 0. The molecule has 8 heteroatoms. The number of aromatic nitrogens is 4. The molecule has 0 radical (unpaired) electrons. The second kappa shape index (κ2) is 4.15. The zero-order chi connectivity index (χ0) is 13.7. The Kier molecular flexibility index (Phi) is 2.41. The molecule has 0 bridgehead atoms. The van der Waals surface area contributed by atoms with Crippen LogP contribution in [-0.4, -0.2) is 19.2 Å². The smallest absolute Gasteiger partial charge is 0.273 e. The van der Waals surface area contributed by atoms with E-state index in [-0.39, 0.29) is 5.56 Å². The maximum atomic E-state index is 12.6. The molecular weight excluding hydrogens is 296 g/mol. The van der Waals surface area contributed by atoms with E-state index >= 15 is 0 Å². The van der Waals surface area contributed by atoms with Gasteiger partial charge in [0.15, 0.2) is 0 Å². The number of hydrogen-bond donors (Lipinski definition) is 1. The van der Waals surface area contributed by atoms with Crippen molar-refractivity contribution >= 4 is 39.5 Å². The number of nitrogens with one attached hydrogen (secondary N) is 1. The molecule has 0 aliphatic rings. The Morgan fingerprint density at radius 2 is 2.35 bits per heavy atom. The lowest BCUT2D eigenvalue weighted by molar-refractivity contribution is 0.492. The van der Waals surface area contributed by atoms with Crippen molar-refractivity contribution in [3.8, 4) is 0 Å². The van der Waals surface area contributed by atoms with Gasteiger partial charge in [-0.2, -0.15) is 0 Å². The van der Waals surface area contributed by atoms with Crippen LogP contribution in [0.4, 0.5) is 0 Å². The first-order valence-electron chi connectivity index (χ1n) is 5.85. The third-order valence-corrected chi connectivity index (χ3v) is 4.28. The van der Waals surface area contributed by atoms with Gasteiger partial charge in [-0.25, -0.2) is 5.10 Å². The average Bonchev–Trinajstić information content (AvgIpc) is 3.14. The molecule has 0 fully saturated rings. The van der Waals surface area contributed by atoms with Crippen molar-refractivity contribution in [2.24, 2.45) is 0 Å². The predicted molar refractivity (Wildman–Crippen MR) is 77.8 cm³/mol. The van der Waals surface area contributed by atoms with Crippen LogP contribution >= 0.6 is 23.6 Å². The predicted octanol–water partition coefficient (Wildman–Crippen LogP) is 2.41. The molecular formula is C12H8N4O2S2. The summed E-state index contributed by atoms with van der Waals surface area (Å²) in [6, 6.07) is 5.48. The number of fused-ring (bicyclic) bond motifs is 3. The molecule has 0 unspecified atom stereocenters. The number of nitrogens with zero attached hydrogens (tertiary/aromatic N) is 3. The second-order valence-corrected chi connectivity index (χ2v) is 5.57. The zero-order valence-corrected chi connectivity index (χ0v) is 11.7. The zero-order valence-electron chi connectivity index (χ0n) is 10.1. The number of hydrogen-bond acceptors (Lipinski definition) is 5. The van der Waals surface area contributed by atoms with Crippen molar-refractivity contribution in [3.63, 3.8) is 0 Å². The van der Waals surface area contributed by atoms with E-state index < -0.39 is 0 Å². The van der Waals surface area contributed by atoms with Crippen molar-refractivity contribution < 1.29 is 4.42 Å². The Bertz CT molecular complexity index is 1020. The van der Waals surface area contributed by atoms with Gasteiger partial charge in [0.1, 0.15) is 10.5 Å². The Balaban J connectivity index is 2.14. The van der Waals surface area contributed by atoms with Gasteiger partial charge in [0, 0.05) is 0 Å². The van der Waals surface area contributed by atoms with Crippen molar-refractivity contribution in [2.75, 3.05) is 0 Å². The molecule has 4 heterocycles. The van der Waals surface area contributed by atoms with Crippen LogP contribution in [0.1, 0.15) is 5.76 Å². The lowest BCUT2D eigenvalue weighted by atomic mass is 10.4. The quantitative estimate of drug-likeness (QED) is 0.577. The highest BCUT2D eigenvalue weighted by Gasteiger charge is 2.15. The normalized spacial score (nSPS) is 11.6. The van der Waals surface area contributed by atoms with E-state index in [0.717, 1.165) is 5.52 Å². The largest absolute Gasteiger partial charge is 0.467 e. The molecule has 0 aromatic carbocycles. The van der Waals surface area contributed by atoms with Gasteiger partial charge in [0.25, 0.3) is 5.56 Å². The van der Waals surface area contributed by atoms with Gasteiger partial charge in [0.2, 0.25) is 10.5 Å². The summed E-state index contributed by atoms with van der Waals surface area (Å²) in [6.45, 7) is 0.322. The first-order chi connectivity index (χ1) is 9.75. The van der Waals surface area contributed by atoms with Gasteiger partial charge in [0.05, 0.1) is 18.3 Å². The Morgan fingerprint density at radius 1 is 1.45 bits per heavy atom. The van der Waals surface area contributed by atoms with E-state index in [2.05, 4.69) is 10.2 Å². The van der Waals surface area contributed by atoms with Gasteiger partial charge < -0.3 is 4.42 Å². The molecule has 0 spiro atoms. The number of rotatable bonds is 2. The van der Waals surface area contributed by atoms with Crippen LogP contribution in [0, 0.1) is 4.77 Å². The van der Waals surface area contributed by atoms with Crippen LogP contribution in [0.2, 0.25) is 0 Å². The molecule has 20 heavy (non-hydrogen) atoms. The summed E-state index contributed by atoms with van der Waals surface area (Å²) in [6.07, 6.45) is 1.58. The first-order valence-corrected chi connectivity index (χ1v) is 7.14. The standard InChI is InChI=1S/C12H8N4O2S2/c17-10-9-8(3-5-20-9)16-11(13-14-12(16)19)15(10)6-7-2-1-4-18-7/h1-5H,6H2,(H,14,19). The van der Waals surface area contributed by atoms with Crippen LogP contribution in [0.15, 0.2) is 39.1 Å². The van der Waals surface area contributed by atoms with Crippen LogP contribution in [-0.2, 0) is 6.54 Å². The van der Waals surface area contributed by atoms with Gasteiger partial charge in [-0.1, -0.05) is 0 Å². The highest BCUT2D eigenvalue weighted by molar-refractivity contribution is 7.71. The third kappa shape index (κ3) is 1.52. The van der Waals surface area contributed by atoms with Gasteiger partial charge in [-0.05, 0) is 35.8 Å². The summed E-state index contributed by atoms with van der Waals surface area (Å²) in [5.41, 5.74) is 0.692. The Morgan fingerprint density at radius 3 is 3.15 bits per heavy atom. The summed E-state index contributed by atoms with van der Waals surface area (Å²) in [5, 5.41) is 8.77. The van der Waals surface area contributed by atoms with Gasteiger partial charge >= 0.3 is 0 Å². The minimum Gasteiger partial charge on any atom is -0.467 e. The van der Waals surface area contributed by atoms with Crippen LogP contribution < -0.4 is 5.56 Å². The van der Waals surface area contributed by atoms with E-state index in [1.54, 1.807) is 21.3 Å². The molecule has 0 saturated carbocycles. The molecule has 0 atom stereocenters. The lowest BCUT2D eigenvalue weighted by Crippen LogP contribution is -2.22. The van der Waals surface area contributed by atoms with E-state index in [9.17, 15) is 4.79 Å². The lowest BCUT2D eigenvalue weighted by Gasteiger charge is -2.06. The number of aromatic amines is 1. The maximum Gasteiger partial charge on any atom is 0.273 e. The minimum atomic E-state index is -0.0899. The van der Waals surface area contributed by atoms with Crippen LogP contribution in [0.3, 0.4) is 0 Å². The van der Waals surface area contributed by atoms with Gasteiger partial charge in [-0.3, -0.25) is 13.8 Å². The summed E-state index contributed by atoms with van der Waals surface area (Å²) in [5.74, 6) is 1.18. The molecule has 0 aliphatic heterocycles. The fraction of sp³-hybridized carbons (Fsp3) is 0.0833. The summed E-state index contributed by atoms with van der Waals surface area (Å²) >= 11 is 6.64. The van der Waals surface area contributed by atoms with E-state index in [1.165, 1.54) is 11.3 Å². The fourth-order valence-electron chi connectivity index (χ4n) is 2.24. The molecule has 100 valence electrons. The third-order valence-electron chi connectivity index (χ3n) is 3.11. The summed E-state index contributed by atoms with van der Waals surface area (Å²) < 4.78 is 9.76. The fourth-order valence-corrected chi connectivity index (χ4v) is 3.29. The minimum absolute atomic E-state index is 0.0899. The monoisotopic (exact) mass is 304 g/mol. The number of thiophene rings is 1. The maximum absolute atomic E-state index is 12.6. The molecule has 4 rings (SSSR count). The van der Waals surface area contributed by atoms with Crippen molar-refractivity contribution in [3.05, 3.63) is 50.7 Å². The molecule has 1 N–H and O–H groups in total. The van der Waals surface area contributed by atoms with E-state index in [4.69, 9.17) is 16.6 Å². The van der Waals surface area contributed by atoms with Crippen molar-refractivity contribution in [1.82, 2.24) is 19.2 Å². The van der Waals surface area contributed by atoms with Gasteiger partial charge in [-0.15, -0.1) is 16.4 Å². The Hall–Kier alpha value is -2.19. The number of furan rings is 1. The topological polar surface area (TPSA) is 68.2 Å². The molecule has 4 aromatic rings. The number of H-pyrrole nitrogens is 1. The SMILES string of the molecule is O=c1c2sccc2n2c(=S)[nH]nc2n1Cc1ccco1. The average molecular weight is 304 g/mol. The van der Waals surface area contributed by atoms with Crippen LogP contribution in [0.5, 0.6) is 0 Å². The first kappa shape index (κ1) is 11.6. The van der Waals surface area contributed by atoms with E-state index in [0.29, 0.717) is 27.6 Å². The van der Waals surface area contributed by atoms with E-state index in [1.807, 2.05) is 17.5 Å².